The Kier molecular flexibility index (Phi) is 4.94. The van der Waals surface area contributed by atoms with E-state index in [-0.39, 0.29) is 6.16 Å². The maximum atomic E-state index is 12.9. The Balaban J connectivity index is 2.96. The lowest BCUT2D eigenvalue weighted by molar-refractivity contribution is 0.0484. The molecule has 0 N–H and O–H groups in total. The van der Waals surface area contributed by atoms with Crippen LogP contribution in [0, 0.1) is 0 Å². The Labute approximate surface area is 116 Å². The minimum atomic E-state index is -3.25. The normalized spacial score (nSPS) is 13.6. The van der Waals surface area contributed by atoms with Gasteiger partial charge in [-0.15, -0.1) is 0 Å². The molecule has 0 aromatic carbocycles. The van der Waals surface area contributed by atoms with Crippen LogP contribution in [-0.4, -0.2) is 16.2 Å². The van der Waals surface area contributed by atoms with Crippen molar-refractivity contribution in [3.8, 4) is 0 Å². The SMILES string of the molecule is CC(C)(C)OP(=O)(Cc1ccccn1)OC(C)(C)C. The van der Waals surface area contributed by atoms with Gasteiger partial charge in [-0.3, -0.25) is 9.55 Å². The van der Waals surface area contributed by atoms with Gasteiger partial charge in [0.1, 0.15) is 0 Å². The second-order valence-corrected chi connectivity index (χ2v) is 8.40. The zero-order valence-corrected chi connectivity index (χ0v) is 13.5. The van der Waals surface area contributed by atoms with E-state index < -0.39 is 18.8 Å². The summed E-state index contributed by atoms with van der Waals surface area (Å²) in [5.74, 6) is 0. The quantitative estimate of drug-likeness (QED) is 0.769. The highest BCUT2D eigenvalue weighted by atomic mass is 31.2. The molecule has 0 aliphatic heterocycles. The largest absolute Gasteiger partial charge is 0.337 e. The smallest absolute Gasteiger partial charge is 0.302 e. The third kappa shape index (κ3) is 6.86. The topological polar surface area (TPSA) is 48.4 Å². The molecule has 0 saturated carbocycles. The van der Waals surface area contributed by atoms with Crippen LogP contribution in [-0.2, 0) is 19.8 Å². The molecule has 0 bridgehead atoms. The third-order valence-electron chi connectivity index (χ3n) is 1.91. The Morgan fingerprint density at radius 3 is 1.95 bits per heavy atom. The summed E-state index contributed by atoms with van der Waals surface area (Å²) in [4.78, 5) is 4.19. The summed E-state index contributed by atoms with van der Waals surface area (Å²) in [5.41, 5.74) is -0.357. The van der Waals surface area contributed by atoms with Crippen molar-refractivity contribution in [2.75, 3.05) is 0 Å². The number of hydrogen-bond donors (Lipinski definition) is 0. The second kappa shape index (κ2) is 5.74. The van der Waals surface area contributed by atoms with Crippen molar-refractivity contribution in [3.63, 3.8) is 0 Å². The first kappa shape index (κ1) is 16.4. The predicted molar refractivity (Wildman–Crippen MR) is 77.2 cm³/mol. The van der Waals surface area contributed by atoms with E-state index >= 15 is 0 Å². The molecule has 0 fully saturated rings. The van der Waals surface area contributed by atoms with Gasteiger partial charge in [0.05, 0.1) is 23.1 Å². The van der Waals surface area contributed by atoms with Crippen molar-refractivity contribution in [2.24, 2.45) is 0 Å². The lowest BCUT2D eigenvalue weighted by atomic mass is 10.2. The van der Waals surface area contributed by atoms with Gasteiger partial charge in [-0.25, -0.2) is 0 Å². The van der Waals surface area contributed by atoms with Crippen molar-refractivity contribution in [1.82, 2.24) is 4.98 Å². The highest BCUT2D eigenvalue weighted by Gasteiger charge is 2.35. The number of pyridine rings is 1. The van der Waals surface area contributed by atoms with Gasteiger partial charge in [0, 0.05) is 6.20 Å². The minimum Gasteiger partial charge on any atom is -0.302 e. The summed E-state index contributed by atoms with van der Waals surface area (Å²) in [7, 11) is -3.25. The zero-order valence-electron chi connectivity index (χ0n) is 12.6. The summed E-state index contributed by atoms with van der Waals surface area (Å²) >= 11 is 0. The molecule has 19 heavy (non-hydrogen) atoms. The van der Waals surface area contributed by atoms with E-state index in [0.717, 1.165) is 0 Å². The van der Waals surface area contributed by atoms with Gasteiger partial charge in [-0.1, -0.05) is 6.07 Å². The van der Waals surface area contributed by atoms with Crippen molar-refractivity contribution >= 4 is 7.60 Å². The molecule has 0 unspecified atom stereocenters. The highest BCUT2D eigenvalue weighted by Crippen LogP contribution is 2.56. The van der Waals surface area contributed by atoms with Crippen LogP contribution in [0.3, 0.4) is 0 Å². The van der Waals surface area contributed by atoms with E-state index in [9.17, 15) is 4.57 Å². The second-order valence-electron chi connectivity index (χ2n) is 6.50. The molecule has 0 spiro atoms. The van der Waals surface area contributed by atoms with Gasteiger partial charge >= 0.3 is 7.60 Å². The van der Waals surface area contributed by atoms with E-state index in [1.54, 1.807) is 6.20 Å². The monoisotopic (exact) mass is 285 g/mol. The van der Waals surface area contributed by atoms with Crippen LogP contribution in [0.1, 0.15) is 47.2 Å². The summed E-state index contributed by atoms with van der Waals surface area (Å²) in [6.45, 7) is 11.2. The average molecular weight is 285 g/mol. The summed E-state index contributed by atoms with van der Waals surface area (Å²) in [6, 6.07) is 5.51. The van der Waals surface area contributed by atoms with Gasteiger partial charge in [0.15, 0.2) is 0 Å². The van der Waals surface area contributed by atoms with Crippen LogP contribution >= 0.6 is 7.60 Å². The Bertz CT molecular complexity index is 426. The van der Waals surface area contributed by atoms with Crippen LogP contribution in [0.2, 0.25) is 0 Å². The molecule has 108 valence electrons. The molecule has 0 aliphatic carbocycles. The van der Waals surface area contributed by atoms with Crippen LogP contribution < -0.4 is 0 Å². The first-order valence-corrected chi connectivity index (χ1v) is 8.12. The van der Waals surface area contributed by atoms with Gasteiger partial charge in [0.2, 0.25) is 0 Å². The molecule has 5 heteroatoms. The number of nitrogens with zero attached hydrogens (tertiary/aromatic N) is 1. The molecule has 0 aliphatic rings. The lowest BCUT2D eigenvalue weighted by Crippen LogP contribution is -2.24. The number of aromatic nitrogens is 1. The zero-order chi connectivity index (χ0) is 14.7. The van der Waals surface area contributed by atoms with Crippen LogP contribution in [0.25, 0.3) is 0 Å². The van der Waals surface area contributed by atoms with Gasteiger partial charge < -0.3 is 9.05 Å². The molecule has 1 rings (SSSR count). The first-order valence-electron chi connectivity index (χ1n) is 6.40. The molecular formula is C14H24NO3P. The third-order valence-corrected chi connectivity index (χ3v) is 4.27. The minimum absolute atomic E-state index is 0.183. The average Bonchev–Trinajstić information content (AvgIpc) is 2.11. The van der Waals surface area contributed by atoms with E-state index in [2.05, 4.69) is 4.98 Å². The van der Waals surface area contributed by atoms with E-state index in [4.69, 9.17) is 9.05 Å². The first-order chi connectivity index (χ1) is 8.49. The number of rotatable bonds is 4. The van der Waals surface area contributed by atoms with E-state index in [1.807, 2.05) is 59.7 Å². The van der Waals surface area contributed by atoms with E-state index in [1.165, 1.54) is 0 Å². The maximum absolute atomic E-state index is 12.9. The summed E-state index contributed by atoms with van der Waals surface area (Å²) in [5, 5.41) is 0. The fourth-order valence-electron chi connectivity index (χ4n) is 1.61. The number of hydrogen-bond acceptors (Lipinski definition) is 4. The Hall–Kier alpha value is -0.700. The molecular weight excluding hydrogens is 261 g/mol. The molecule has 0 amide bonds. The van der Waals surface area contributed by atoms with Gasteiger partial charge in [0.25, 0.3) is 0 Å². The molecule has 4 nitrogen and oxygen atoms in total. The van der Waals surface area contributed by atoms with Crippen molar-refractivity contribution in [1.29, 1.82) is 0 Å². The molecule has 0 atom stereocenters. The Morgan fingerprint density at radius 1 is 1.05 bits per heavy atom. The van der Waals surface area contributed by atoms with Crippen molar-refractivity contribution in [3.05, 3.63) is 30.1 Å². The van der Waals surface area contributed by atoms with Crippen LogP contribution in [0.4, 0.5) is 0 Å². The Morgan fingerprint density at radius 2 is 1.58 bits per heavy atom. The fourth-order valence-corrected chi connectivity index (χ4v) is 4.03. The van der Waals surface area contributed by atoms with Gasteiger partial charge in [-0.2, -0.15) is 0 Å². The summed E-state index contributed by atoms with van der Waals surface area (Å²) in [6.07, 6.45) is 1.86. The standard InChI is InChI=1S/C14H24NO3P/c1-13(2,3)17-19(16,18-14(4,5)6)11-12-9-7-8-10-15-12/h7-10H,11H2,1-6H3. The van der Waals surface area contributed by atoms with Crippen LogP contribution in [0.5, 0.6) is 0 Å². The van der Waals surface area contributed by atoms with E-state index in [0.29, 0.717) is 5.69 Å². The highest BCUT2D eigenvalue weighted by molar-refractivity contribution is 7.53. The summed E-state index contributed by atoms with van der Waals surface area (Å²) < 4.78 is 24.3. The van der Waals surface area contributed by atoms with Gasteiger partial charge in [-0.05, 0) is 53.7 Å². The molecule has 0 saturated heterocycles. The maximum Gasteiger partial charge on any atom is 0.337 e. The molecule has 0 radical (unpaired) electrons. The molecule has 1 aromatic heterocycles. The predicted octanol–water partition coefficient (Wildman–Crippen LogP) is 4.40. The lowest BCUT2D eigenvalue weighted by Gasteiger charge is -2.31. The van der Waals surface area contributed by atoms with Crippen molar-refractivity contribution in [2.45, 2.75) is 58.9 Å². The fraction of sp³-hybridized carbons (Fsp3) is 0.643. The van der Waals surface area contributed by atoms with Crippen LogP contribution in [0.15, 0.2) is 24.4 Å². The van der Waals surface area contributed by atoms with Crippen molar-refractivity contribution < 1.29 is 13.6 Å². The molecule has 1 aromatic rings. The molecule has 1 heterocycles.